The third-order valence-corrected chi connectivity index (χ3v) is 3.70. The van der Waals surface area contributed by atoms with Crippen LogP contribution in [0.2, 0.25) is 0 Å². The standard InChI is InChI=1S/C19H14N4O7/c1-12-7-18(21-30-12)20-19(24)6-5-13-3-2-4-16(8-13)29-17-10-14(22(25)26)9-15(11-17)23(27)28/h2-11H,1H3,(H,20,21,24)/b6-5+. The summed E-state index contributed by atoms with van der Waals surface area (Å²) in [6, 6.07) is 11.1. The maximum absolute atomic E-state index is 11.9. The number of carbonyl (C=O) groups is 1. The molecular weight excluding hydrogens is 396 g/mol. The number of hydrogen-bond acceptors (Lipinski definition) is 8. The first kappa shape index (κ1) is 20.2. The first-order valence-electron chi connectivity index (χ1n) is 8.44. The summed E-state index contributed by atoms with van der Waals surface area (Å²) in [4.78, 5) is 32.4. The Morgan fingerprint density at radius 3 is 2.37 bits per heavy atom. The van der Waals surface area contributed by atoms with Crippen LogP contribution in [0.1, 0.15) is 11.3 Å². The number of non-ortho nitro benzene ring substituents is 2. The van der Waals surface area contributed by atoms with Gasteiger partial charge in [-0.15, -0.1) is 0 Å². The summed E-state index contributed by atoms with van der Waals surface area (Å²) in [6.07, 6.45) is 2.80. The van der Waals surface area contributed by atoms with Crippen LogP contribution < -0.4 is 10.1 Å². The highest BCUT2D eigenvalue weighted by atomic mass is 16.6. The zero-order valence-electron chi connectivity index (χ0n) is 15.5. The molecule has 0 aliphatic carbocycles. The van der Waals surface area contributed by atoms with Crippen LogP contribution in [0.15, 0.2) is 59.1 Å². The molecule has 30 heavy (non-hydrogen) atoms. The van der Waals surface area contributed by atoms with Gasteiger partial charge in [-0.05, 0) is 30.7 Å². The van der Waals surface area contributed by atoms with Crippen molar-refractivity contribution in [2.24, 2.45) is 0 Å². The van der Waals surface area contributed by atoms with Gasteiger partial charge >= 0.3 is 0 Å². The van der Waals surface area contributed by atoms with Gasteiger partial charge in [-0.25, -0.2) is 0 Å². The predicted molar refractivity (Wildman–Crippen MR) is 105 cm³/mol. The average molecular weight is 410 g/mol. The number of nitro benzene ring substituents is 2. The summed E-state index contributed by atoms with van der Waals surface area (Å²) in [7, 11) is 0. The monoisotopic (exact) mass is 410 g/mol. The van der Waals surface area contributed by atoms with Crippen molar-refractivity contribution in [1.82, 2.24) is 5.16 Å². The van der Waals surface area contributed by atoms with Gasteiger partial charge in [-0.2, -0.15) is 0 Å². The predicted octanol–water partition coefficient (Wildman–Crippen LogP) is 4.24. The van der Waals surface area contributed by atoms with Crippen LogP contribution in [0.5, 0.6) is 11.5 Å². The lowest BCUT2D eigenvalue weighted by Crippen LogP contribution is -2.07. The smallest absolute Gasteiger partial charge is 0.280 e. The number of ether oxygens (including phenoxy) is 1. The molecule has 0 aliphatic heterocycles. The zero-order valence-corrected chi connectivity index (χ0v) is 15.5. The number of rotatable bonds is 7. The van der Waals surface area contributed by atoms with E-state index in [2.05, 4.69) is 10.5 Å². The molecule has 0 atom stereocenters. The van der Waals surface area contributed by atoms with Crippen LogP contribution in [-0.4, -0.2) is 20.9 Å². The fraction of sp³-hybridized carbons (Fsp3) is 0.0526. The van der Waals surface area contributed by atoms with Gasteiger partial charge in [0.15, 0.2) is 5.82 Å². The number of amides is 1. The molecule has 1 amide bonds. The van der Waals surface area contributed by atoms with Crippen LogP contribution in [0.3, 0.4) is 0 Å². The number of nitrogens with zero attached hydrogens (tertiary/aromatic N) is 3. The number of hydrogen-bond donors (Lipinski definition) is 1. The summed E-state index contributed by atoms with van der Waals surface area (Å²) in [6.45, 7) is 1.69. The molecule has 0 fully saturated rings. The van der Waals surface area contributed by atoms with E-state index in [0.717, 1.165) is 18.2 Å². The fourth-order valence-electron chi connectivity index (χ4n) is 2.42. The van der Waals surface area contributed by atoms with Gasteiger partial charge < -0.3 is 14.6 Å². The van der Waals surface area contributed by atoms with Crippen molar-refractivity contribution in [1.29, 1.82) is 0 Å². The number of anilines is 1. The van der Waals surface area contributed by atoms with Crippen LogP contribution in [0, 0.1) is 27.2 Å². The molecule has 3 aromatic rings. The summed E-state index contributed by atoms with van der Waals surface area (Å²) >= 11 is 0. The molecule has 0 unspecified atom stereocenters. The molecule has 0 bridgehead atoms. The second-order valence-corrected chi connectivity index (χ2v) is 6.02. The van der Waals surface area contributed by atoms with Crippen molar-refractivity contribution in [2.75, 3.05) is 5.32 Å². The van der Waals surface area contributed by atoms with Gasteiger partial charge in [0, 0.05) is 12.1 Å². The van der Waals surface area contributed by atoms with Crippen molar-refractivity contribution >= 4 is 29.2 Å². The fourth-order valence-corrected chi connectivity index (χ4v) is 2.42. The van der Waals surface area contributed by atoms with Crippen LogP contribution in [-0.2, 0) is 4.79 Å². The van der Waals surface area contributed by atoms with Crippen molar-refractivity contribution in [3.05, 3.63) is 86.2 Å². The topological polar surface area (TPSA) is 151 Å². The Balaban J connectivity index is 1.75. The van der Waals surface area contributed by atoms with E-state index >= 15 is 0 Å². The van der Waals surface area contributed by atoms with Crippen molar-refractivity contribution in [3.8, 4) is 11.5 Å². The van der Waals surface area contributed by atoms with Crippen molar-refractivity contribution in [3.63, 3.8) is 0 Å². The van der Waals surface area contributed by atoms with Crippen LogP contribution in [0.25, 0.3) is 6.08 Å². The Morgan fingerprint density at radius 1 is 1.07 bits per heavy atom. The Bertz CT molecular complexity index is 1120. The minimum absolute atomic E-state index is 0.0591. The highest BCUT2D eigenvalue weighted by molar-refractivity contribution is 6.01. The third-order valence-electron chi connectivity index (χ3n) is 3.70. The highest BCUT2D eigenvalue weighted by Gasteiger charge is 2.17. The molecule has 0 spiro atoms. The van der Waals surface area contributed by atoms with Gasteiger partial charge in [0.05, 0.1) is 28.0 Å². The van der Waals surface area contributed by atoms with E-state index in [0.29, 0.717) is 11.3 Å². The molecule has 0 saturated heterocycles. The van der Waals surface area contributed by atoms with Crippen LogP contribution >= 0.6 is 0 Å². The Morgan fingerprint density at radius 2 is 1.77 bits per heavy atom. The van der Waals surface area contributed by atoms with Gasteiger partial charge in [0.25, 0.3) is 11.4 Å². The number of nitrogens with one attached hydrogen (secondary N) is 1. The van der Waals surface area contributed by atoms with E-state index in [1.54, 1.807) is 37.3 Å². The lowest BCUT2D eigenvalue weighted by Gasteiger charge is -2.06. The Labute approximate surface area is 168 Å². The third kappa shape index (κ3) is 5.25. The molecular formula is C19H14N4O7. The Kier molecular flexibility index (Phi) is 5.82. The summed E-state index contributed by atoms with van der Waals surface area (Å²) in [5.41, 5.74) is -0.330. The second kappa shape index (κ2) is 8.65. The number of nitro groups is 2. The molecule has 0 radical (unpaired) electrons. The highest BCUT2D eigenvalue weighted by Crippen LogP contribution is 2.31. The van der Waals surface area contributed by atoms with Gasteiger partial charge in [-0.1, -0.05) is 17.3 Å². The van der Waals surface area contributed by atoms with Gasteiger partial charge in [0.2, 0.25) is 5.91 Å². The molecule has 3 rings (SSSR count). The number of carbonyl (C=O) groups excluding carboxylic acids is 1. The number of aromatic nitrogens is 1. The SMILES string of the molecule is Cc1cc(NC(=O)/C=C/c2cccc(Oc3cc([N+](=O)[O-])cc([N+](=O)[O-])c3)c2)no1. The zero-order chi connectivity index (χ0) is 21.7. The summed E-state index contributed by atoms with van der Waals surface area (Å²) in [5.74, 6) is 0.631. The number of aryl methyl sites for hydroxylation is 1. The quantitative estimate of drug-likeness (QED) is 0.345. The molecule has 11 heteroatoms. The molecule has 1 N–H and O–H groups in total. The minimum Gasteiger partial charge on any atom is -0.457 e. The maximum Gasteiger partial charge on any atom is 0.280 e. The molecule has 152 valence electrons. The van der Waals surface area contributed by atoms with Crippen molar-refractivity contribution in [2.45, 2.75) is 6.92 Å². The van der Waals surface area contributed by atoms with Gasteiger partial charge in [-0.3, -0.25) is 25.0 Å². The van der Waals surface area contributed by atoms with Crippen molar-refractivity contribution < 1.29 is 23.9 Å². The summed E-state index contributed by atoms with van der Waals surface area (Å²) < 4.78 is 10.4. The first-order chi connectivity index (χ1) is 14.3. The van der Waals surface area contributed by atoms with E-state index < -0.39 is 27.1 Å². The lowest BCUT2D eigenvalue weighted by molar-refractivity contribution is -0.394. The average Bonchev–Trinajstić information content (AvgIpc) is 3.11. The molecule has 0 aliphatic rings. The molecule has 1 heterocycles. The second-order valence-electron chi connectivity index (χ2n) is 6.02. The lowest BCUT2D eigenvalue weighted by atomic mass is 10.2. The van der Waals surface area contributed by atoms with Gasteiger partial charge in [0.1, 0.15) is 17.3 Å². The maximum atomic E-state index is 11.9. The molecule has 2 aromatic carbocycles. The first-order valence-corrected chi connectivity index (χ1v) is 8.44. The number of benzene rings is 2. The minimum atomic E-state index is -0.742. The van der Waals surface area contributed by atoms with E-state index in [9.17, 15) is 25.0 Å². The molecule has 0 saturated carbocycles. The molecule has 11 nitrogen and oxygen atoms in total. The van der Waals surface area contributed by atoms with Crippen LogP contribution in [0.4, 0.5) is 17.2 Å². The van der Waals surface area contributed by atoms with E-state index in [4.69, 9.17) is 9.26 Å². The van der Waals surface area contributed by atoms with E-state index in [1.807, 2.05) is 0 Å². The van der Waals surface area contributed by atoms with E-state index in [1.165, 1.54) is 12.2 Å². The van der Waals surface area contributed by atoms with E-state index in [-0.39, 0.29) is 17.3 Å². The largest absolute Gasteiger partial charge is 0.457 e. The Hall–Kier alpha value is -4.54. The molecule has 1 aromatic heterocycles. The normalized spacial score (nSPS) is 10.7. The summed E-state index contributed by atoms with van der Waals surface area (Å²) in [5, 5.41) is 28.2.